The minimum atomic E-state index is -0.490. The first kappa shape index (κ1) is 16.1. The molecule has 0 amide bonds. The fourth-order valence-electron chi connectivity index (χ4n) is 2.15. The molecule has 1 aromatic rings. The third-order valence-corrected chi connectivity index (χ3v) is 3.17. The first-order chi connectivity index (χ1) is 9.57. The number of rotatable bonds is 8. The fraction of sp³-hybridized carbons (Fsp3) is 0.583. The Balaban J connectivity index is 3.23. The Morgan fingerprint density at radius 3 is 2.60 bits per heavy atom. The summed E-state index contributed by atoms with van der Waals surface area (Å²) in [5, 5.41) is 20.2. The molecule has 4 N–H and O–H groups in total. The number of nitrogen functional groups attached to an aromatic ring is 1. The summed E-state index contributed by atoms with van der Waals surface area (Å²) in [6.07, 6.45) is 1.71. The number of aromatic nitrogens is 1. The van der Waals surface area contributed by atoms with Gasteiger partial charge in [-0.3, -0.25) is 10.1 Å². The van der Waals surface area contributed by atoms with E-state index in [4.69, 9.17) is 5.84 Å². The van der Waals surface area contributed by atoms with E-state index in [9.17, 15) is 15.2 Å². The number of aliphatic hydroxyl groups excluding tert-OH is 1. The second-order valence-electron chi connectivity index (χ2n) is 4.36. The van der Waals surface area contributed by atoms with E-state index in [1.807, 2.05) is 18.7 Å². The highest BCUT2D eigenvalue weighted by Crippen LogP contribution is 2.25. The van der Waals surface area contributed by atoms with Gasteiger partial charge >= 0.3 is 0 Å². The van der Waals surface area contributed by atoms with Crippen molar-refractivity contribution in [2.75, 3.05) is 23.5 Å². The standard InChI is InChI=1S/C12H21N5O3/c1-3-9(4-2)16(5-6-18)12-8-10(17(19)20)7-11(14-12)15-13/h7-9,18H,3-6,13H2,1-2H3,(H,14,15). The predicted octanol–water partition coefficient (Wildman–Crippen LogP) is 1.26. The molecule has 0 aliphatic rings. The van der Waals surface area contributed by atoms with Gasteiger partial charge in [-0.2, -0.15) is 0 Å². The molecule has 0 spiro atoms. The molecule has 0 fully saturated rings. The molecular formula is C12H21N5O3. The van der Waals surface area contributed by atoms with Gasteiger partial charge in [0.05, 0.1) is 23.7 Å². The van der Waals surface area contributed by atoms with Crippen LogP contribution in [0, 0.1) is 10.1 Å². The molecule has 0 aliphatic carbocycles. The summed E-state index contributed by atoms with van der Waals surface area (Å²) >= 11 is 0. The molecule has 8 heteroatoms. The zero-order valence-corrected chi connectivity index (χ0v) is 11.7. The highest BCUT2D eigenvalue weighted by molar-refractivity contribution is 5.56. The van der Waals surface area contributed by atoms with Gasteiger partial charge in [-0.1, -0.05) is 13.8 Å². The van der Waals surface area contributed by atoms with Crippen molar-refractivity contribution in [3.63, 3.8) is 0 Å². The topological polar surface area (TPSA) is 118 Å². The summed E-state index contributed by atoms with van der Waals surface area (Å²) in [5.74, 6) is 5.96. The second kappa shape index (κ2) is 7.61. The molecule has 112 valence electrons. The summed E-state index contributed by atoms with van der Waals surface area (Å²) in [6.45, 7) is 4.37. The largest absolute Gasteiger partial charge is 0.395 e. The molecule has 20 heavy (non-hydrogen) atoms. The molecule has 0 unspecified atom stereocenters. The minimum absolute atomic E-state index is 0.0493. The average Bonchev–Trinajstić information content (AvgIpc) is 2.46. The SMILES string of the molecule is CCC(CC)N(CCO)c1cc([N+](=O)[O-])cc(NN)n1. The Hall–Kier alpha value is -1.93. The smallest absolute Gasteiger partial charge is 0.276 e. The van der Waals surface area contributed by atoms with Gasteiger partial charge in [0.25, 0.3) is 5.69 Å². The number of pyridine rings is 1. The number of anilines is 2. The number of hydrogen-bond donors (Lipinski definition) is 3. The van der Waals surface area contributed by atoms with Crippen LogP contribution in [0.25, 0.3) is 0 Å². The normalized spacial score (nSPS) is 10.7. The molecule has 0 saturated carbocycles. The van der Waals surface area contributed by atoms with E-state index in [0.717, 1.165) is 12.8 Å². The number of nitro groups is 1. The summed E-state index contributed by atoms with van der Waals surface area (Å²) < 4.78 is 0. The fourth-order valence-corrected chi connectivity index (χ4v) is 2.15. The van der Waals surface area contributed by atoms with Crippen LogP contribution >= 0.6 is 0 Å². The summed E-state index contributed by atoms with van der Waals surface area (Å²) in [7, 11) is 0. The van der Waals surface area contributed by atoms with Crippen LogP contribution < -0.4 is 16.2 Å². The van der Waals surface area contributed by atoms with Gasteiger partial charge < -0.3 is 15.4 Å². The van der Waals surface area contributed by atoms with Crippen molar-refractivity contribution < 1.29 is 10.0 Å². The molecule has 0 bridgehead atoms. The van der Waals surface area contributed by atoms with Gasteiger partial charge in [0, 0.05) is 12.6 Å². The number of nitrogens with two attached hydrogens (primary N) is 1. The van der Waals surface area contributed by atoms with Gasteiger partial charge in [0.15, 0.2) is 0 Å². The Kier molecular flexibility index (Phi) is 6.13. The van der Waals surface area contributed by atoms with Gasteiger partial charge in [0.2, 0.25) is 0 Å². The Labute approximate surface area is 117 Å². The van der Waals surface area contributed by atoms with E-state index >= 15 is 0 Å². The maximum Gasteiger partial charge on any atom is 0.276 e. The average molecular weight is 283 g/mol. The van der Waals surface area contributed by atoms with Crippen LogP contribution in [-0.2, 0) is 0 Å². The van der Waals surface area contributed by atoms with Crippen LogP contribution in [0.3, 0.4) is 0 Å². The maximum atomic E-state index is 11.0. The van der Waals surface area contributed by atoms with Gasteiger partial charge in [0.1, 0.15) is 11.6 Å². The van der Waals surface area contributed by atoms with Crippen molar-refractivity contribution in [3.05, 3.63) is 22.2 Å². The number of nitrogens with zero attached hydrogens (tertiary/aromatic N) is 3. The van der Waals surface area contributed by atoms with Crippen LogP contribution in [-0.4, -0.2) is 34.2 Å². The van der Waals surface area contributed by atoms with E-state index in [1.165, 1.54) is 12.1 Å². The maximum absolute atomic E-state index is 11.0. The van der Waals surface area contributed by atoms with Gasteiger partial charge in [-0.25, -0.2) is 10.8 Å². The van der Waals surface area contributed by atoms with Crippen molar-refractivity contribution in [1.29, 1.82) is 0 Å². The van der Waals surface area contributed by atoms with Gasteiger partial charge in [-0.15, -0.1) is 0 Å². The third kappa shape index (κ3) is 3.78. The van der Waals surface area contributed by atoms with Crippen molar-refractivity contribution in [2.45, 2.75) is 32.7 Å². The highest BCUT2D eigenvalue weighted by Gasteiger charge is 2.20. The van der Waals surface area contributed by atoms with E-state index in [-0.39, 0.29) is 24.2 Å². The number of aliphatic hydroxyl groups is 1. The predicted molar refractivity (Wildman–Crippen MR) is 77.5 cm³/mol. The van der Waals surface area contributed by atoms with Crippen LogP contribution in [0.1, 0.15) is 26.7 Å². The molecule has 0 aliphatic heterocycles. The van der Waals surface area contributed by atoms with E-state index in [1.54, 1.807) is 0 Å². The van der Waals surface area contributed by atoms with Crippen LogP contribution in [0.15, 0.2) is 12.1 Å². The quantitative estimate of drug-likeness (QED) is 0.373. The van der Waals surface area contributed by atoms with Crippen LogP contribution in [0.5, 0.6) is 0 Å². The monoisotopic (exact) mass is 283 g/mol. The first-order valence-corrected chi connectivity index (χ1v) is 6.57. The molecule has 0 aromatic carbocycles. The summed E-state index contributed by atoms with van der Waals surface area (Å²) in [6, 6.07) is 2.82. The Morgan fingerprint density at radius 1 is 1.50 bits per heavy atom. The lowest BCUT2D eigenvalue weighted by molar-refractivity contribution is -0.384. The first-order valence-electron chi connectivity index (χ1n) is 6.57. The zero-order chi connectivity index (χ0) is 15.1. The lowest BCUT2D eigenvalue weighted by Gasteiger charge is -2.31. The van der Waals surface area contributed by atoms with E-state index < -0.39 is 4.92 Å². The van der Waals surface area contributed by atoms with E-state index in [2.05, 4.69) is 10.4 Å². The van der Waals surface area contributed by atoms with Crippen molar-refractivity contribution in [2.24, 2.45) is 5.84 Å². The summed E-state index contributed by atoms with van der Waals surface area (Å²) in [5.41, 5.74) is 2.24. The lowest BCUT2D eigenvalue weighted by Crippen LogP contribution is -2.37. The number of hydrogen-bond acceptors (Lipinski definition) is 7. The van der Waals surface area contributed by atoms with Crippen LogP contribution in [0.2, 0.25) is 0 Å². The lowest BCUT2D eigenvalue weighted by atomic mass is 10.1. The van der Waals surface area contributed by atoms with Crippen LogP contribution in [0.4, 0.5) is 17.3 Å². The molecule has 1 rings (SSSR count). The zero-order valence-electron chi connectivity index (χ0n) is 11.7. The third-order valence-electron chi connectivity index (χ3n) is 3.17. The highest BCUT2D eigenvalue weighted by atomic mass is 16.6. The summed E-state index contributed by atoms with van der Waals surface area (Å²) in [4.78, 5) is 16.6. The number of hydrazine groups is 1. The molecule has 0 atom stereocenters. The minimum Gasteiger partial charge on any atom is -0.395 e. The Morgan fingerprint density at radius 2 is 2.15 bits per heavy atom. The Bertz CT molecular complexity index is 451. The molecule has 1 aromatic heterocycles. The van der Waals surface area contributed by atoms with Crippen molar-refractivity contribution >= 4 is 17.3 Å². The van der Waals surface area contributed by atoms with Crippen molar-refractivity contribution in [1.82, 2.24) is 4.98 Å². The molecule has 1 heterocycles. The van der Waals surface area contributed by atoms with Gasteiger partial charge in [-0.05, 0) is 12.8 Å². The molecule has 8 nitrogen and oxygen atoms in total. The van der Waals surface area contributed by atoms with Crippen molar-refractivity contribution in [3.8, 4) is 0 Å². The second-order valence-corrected chi connectivity index (χ2v) is 4.36. The van der Waals surface area contributed by atoms with E-state index in [0.29, 0.717) is 12.4 Å². The molecular weight excluding hydrogens is 262 g/mol. The molecule has 0 radical (unpaired) electrons. The number of nitrogens with one attached hydrogen (secondary N) is 1. The molecule has 0 saturated heterocycles.